The minimum Gasteiger partial charge on any atom is -0.336 e. The highest BCUT2D eigenvalue weighted by atomic mass is 79.9. The molecule has 2 rings (SSSR count). The number of imidazole rings is 1. The van der Waals surface area contributed by atoms with E-state index in [1.807, 2.05) is 29.4 Å². The van der Waals surface area contributed by atoms with Crippen LogP contribution in [0.1, 0.15) is 24.5 Å². The molecule has 86 valence electrons. The Hall–Kier alpha value is -1.14. The van der Waals surface area contributed by atoms with Crippen molar-refractivity contribution in [1.29, 1.82) is 0 Å². The van der Waals surface area contributed by atoms with Gasteiger partial charge in [-0.25, -0.2) is 4.98 Å². The van der Waals surface area contributed by atoms with E-state index in [1.54, 1.807) is 12.4 Å². The molecule has 1 unspecified atom stereocenters. The molecule has 2 aromatic rings. The van der Waals surface area contributed by atoms with Gasteiger partial charge in [0.05, 0.1) is 16.4 Å². The lowest BCUT2D eigenvalue weighted by atomic mass is 10.2. The van der Waals surface area contributed by atoms with E-state index in [4.69, 9.17) is 5.73 Å². The fourth-order valence-corrected chi connectivity index (χ4v) is 2.28. The maximum atomic E-state index is 6.21. The third kappa shape index (κ3) is 1.78. The predicted octanol–water partition coefficient (Wildman–Crippen LogP) is 1.45. The van der Waals surface area contributed by atoms with Gasteiger partial charge in [0, 0.05) is 26.0 Å². The molecule has 0 saturated heterocycles. The van der Waals surface area contributed by atoms with Crippen molar-refractivity contribution in [2.45, 2.75) is 19.5 Å². The van der Waals surface area contributed by atoms with E-state index in [0.717, 1.165) is 22.5 Å². The smallest absolute Gasteiger partial charge is 0.131 e. The Kier molecular flexibility index (Phi) is 3.11. The Morgan fingerprint density at radius 3 is 2.88 bits per heavy atom. The largest absolute Gasteiger partial charge is 0.336 e. The summed E-state index contributed by atoms with van der Waals surface area (Å²) in [6, 6.07) is -0.267. The topological polar surface area (TPSA) is 61.7 Å². The van der Waals surface area contributed by atoms with Gasteiger partial charge in [0.15, 0.2) is 0 Å². The number of halogens is 1. The van der Waals surface area contributed by atoms with Crippen LogP contribution < -0.4 is 5.73 Å². The van der Waals surface area contributed by atoms with Gasteiger partial charge in [0.25, 0.3) is 0 Å². The summed E-state index contributed by atoms with van der Waals surface area (Å²) in [7, 11) is 1.93. The van der Waals surface area contributed by atoms with Crippen molar-refractivity contribution in [3.05, 3.63) is 34.6 Å². The fourth-order valence-electron chi connectivity index (χ4n) is 1.73. The van der Waals surface area contributed by atoms with Crippen LogP contribution in [0.5, 0.6) is 0 Å². The van der Waals surface area contributed by atoms with Crippen molar-refractivity contribution in [2.75, 3.05) is 0 Å². The summed E-state index contributed by atoms with van der Waals surface area (Å²) >= 11 is 3.47. The maximum Gasteiger partial charge on any atom is 0.131 e. The monoisotopic (exact) mass is 283 g/mol. The number of aryl methyl sites for hydroxylation is 2. The van der Waals surface area contributed by atoms with E-state index in [2.05, 4.69) is 26.0 Å². The molecule has 0 aliphatic carbocycles. The second-order valence-corrected chi connectivity index (χ2v) is 4.42. The normalized spacial score (nSPS) is 13.0. The molecule has 5 nitrogen and oxygen atoms in total. The van der Waals surface area contributed by atoms with Crippen LogP contribution in [0.2, 0.25) is 0 Å². The highest BCUT2D eigenvalue weighted by Crippen LogP contribution is 2.25. The number of nitrogens with two attached hydrogens (primary N) is 1. The average Bonchev–Trinajstić information content (AvgIpc) is 2.83. The Bertz CT molecular complexity index is 487. The summed E-state index contributed by atoms with van der Waals surface area (Å²) in [5.41, 5.74) is 7.16. The third-order valence-electron chi connectivity index (χ3n) is 2.56. The van der Waals surface area contributed by atoms with Gasteiger partial charge in [-0.2, -0.15) is 5.10 Å². The Labute approximate surface area is 102 Å². The SMILES string of the molecule is CCn1ncc(Br)c1C(N)c1nccn1C. The quantitative estimate of drug-likeness (QED) is 0.928. The van der Waals surface area contributed by atoms with Gasteiger partial charge in [-0.15, -0.1) is 0 Å². The second kappa shape index (κ2) is 4.39. The number of rotatable bonds is 3. The molecule has 2 heterocycles. The van der Waals surface area contributed by atoms with Crippen LogP contribution in [0, 0.1) is 0 Å². The summed E-state index contributed by atoms with van der Waals surface area (Å²) in [6.07, 6.45) is 5.40. The van der Waals surface area contributed by atoms with Crippen molar-refractivity contribution in [2.24, 2.45) is 12.8 Å². The van der Waals surface area contributed by atoms with Crippen LogP contribution in [0.15, 0.2) is 23.1 Å². The maximum absolute atomic E-state index is 6.21. The molecule has 2 N–H and O–H groups in total. The molecule has 0 saturated carbocycles. The van der Waals surface area contributed by atoms with E-state index in [-0.39, 0.29) is 6.04 Å². The van der Waals surface area contributed by atoms with Crippen molar-refractivity contribution in [3.8, 4) is 0 Å². The molecule has 1 atom stereocenters. The molecule has 0 aliphatic heterocycles. The third-order valence-corrected chi connectivity index (χ3v) is 3.17. The lowest BCUT2D eigenvalue weighted by molar-refractivity contribution is 0.580. The predicted molar refractivity (Wildman–Crippen MR) is 64.8 cm³/mol. The molecular weight excluding hydrogens is 270 g/mol. The molecule has 16 heavy (non-hydrogen) atoms. The summed E-state index contributed by atoms with van der Waals surface area (Å²) in [5, 5.41) is 4.25. The van der Waals surface area contributed by atoms with Crippen LogP contribution in [0.4, 0.5) is 0 Å². The number of hydrogen-bond donors (Lipinski definition) is 1. The number of aromatic nitrogens is 4. The minimum absolute atomic E-state index is 0.267. The minimum atomic E-state index is -0.267. The summed E-state index contributed by atoms with van der Waals surface area (Å²) in [5.74, 6) is 0.830. The van der Waals surface area contributed by atoms with Crippen LogP contribution in [-0.2, 0) is 13.6 Å². The fraction of sp³-hybridized carbons (Fsp3) is 0.400. The molecule has 0 fully saturated rings. The summed E-state index contributed by atoms with van der Waals surface area (Å²) in [6.45, 7) is 2.83. The molecule has 0 amide bonds. The van der Waals surface area contributed by atoms with Gasteiger partial charge in [0.1, 0.15) is 11.9 Å². The molecule has 6 heteroatoms. The highest BCUT2D eigenvalue weighted by Gasteiger charge is 2.20. The zero-order chi connectivity index (χ0) is 11.7. The standard InChI is InChI=1S/C10H14BrN5/c1-3-16-9(7(11)6-14-16)8(12)10-13-4-5-15(10)2/h4-6,8H,3,12H2,1-2H3. The second-order valence-electron chi connectivity index (χ2n) is 3.57. The Morgan fingerprint density at radius 2 is 2.31 bits per heavy atom. The zero-order valence-corrected chi connectivity index (χ0v) is 10.8. The van der Waals surface area contributed by atoms with Crippen molar-refractivity contribution < 1.29 is 0 Å². The van der Waals surface area contributed by atoms with Crippen LogP contribution in [-0.4, -0.2) is 19.3 Å². The average molecular weight is 284 g/mol. The molecular formula is C10H14BrN5. The van der Waals surface area contributed by atoms with Gasteiger partial charge < -0.3 is 10.3 Å². The van der Waals surface area contributed by atoms with Crippen molar-refractivity contribution >= 4 is 15.9 Å². The van der Waals surface area contributed by atoms with Gasteiger partial charge in [0.2, 0.25) is 0 Å². The lowest BCUT2D eigenvalue weighted by Gasteiger charge is -2.14. The van der Waals surface area contributed by atoms with Crippen LogP contribution in [0.25, 0.3) is 0 Å². The first-order valence-corrected chi connectivity index (χ1v) is 5.88. The molecule has 0 aliphatic rings. The van der Waals surface area contributed by atoms with E-state index in [1.165, 1.54) is 0 Å². The lowest BCUT2D eigenvalue weighted by Crippen LogP contribution is -2.21. The first-order chi connectivity index (χ1) is 7.65. The van der Waals surface area contributed by atoms with Crippen molar-refractivity contribution in [3.63, 3.8) is 0 Å². The first-order valence-electron chi connectivity index (χ1n) is 5.09. The molecule has 0 aromatic carbocycles. The van der Waals surface area contributed by atoms with Gasteiger partial charge >= 0.3 is 0 Å². The molecule has 2 aromatic heterocycles. The molecule has 0 spiro atoms. The molecule has 0 radical (unpaired) electrons. The Balaban J connectivity index is 2.44. The zero-order valence-electron chi connectivity index (χ0n) is 9.26. The highest BCUT2D eigenvalue weighted by molar-refractivity contribution is 9.10. The van der Waals surface area contributed by atoms with Gasteiger partial charge in [-0.3, -0.25) is 4.68 Å². The Morgan fingerprint density at radius 1 is 1.56 bits per heavy atom. The van der Waals surface area contributed by atoms with Crippen molar-refractivity contribution in [1.82, 2.24) is 19.3 Å². The van der Waals surface area contributed by atoms with E-state index >= 15 is 0 Å². The molecule has 0 bridgehead atoms. The summed E-state index contributed by atoms with van der Waals surface area (Å²) in [4.78, 5) is 4.26. The van der Waals surface area contributed by atoms with Crippen LogP contribution >= 0.6 is 15.9 Å². The first kappa shape index (κ1) is 11.3. The number of hydrogen-bond acceptors (Lipinski definition) is 3. The van der Waals surface area contributed by atoms with E-state index < -0.39 is 0 Å². The van der Waals surface area contributed by atoms with E-state index in [9.17, 15) is 0 Å². The number of nitrogens with zero attached hydrogens (tertiary/aromatic N) is 4. The van der Waals surface area contributed by atoms with Gasteiger partial charge in [-0.05, 0) is 22.9 Å². The van der Waals surface area contributed by atoms with E-state index in [0.29, 0.717) is 0 Å². The van der Waals surface area contributed by atoms with Crippen LogP contribution in [0.3, 0.4) is 0 Å². The van der Waals surface area contributed by atoms with Gasteiger partial charge in [-0.1, -0.05) is 0 Å². The summed E-state index contributed by atoms with van der Waals surface area (Å²) < 4.78 is 4.72.